The number of nitrogens with zero attached hydrogens (tertiary/aromatic N) is 1. The van der Waals surface area contributed by atoms with E-state index in [-0.39, 0.29) is 6.04 Å². The molecule has 0 saturated heterocycles. The summed E-state index contributed by atoms with van der Waals surface area (Å²) in [6, 6.07) is 9.92. The van der Waals surface area contributed by atoms with Crippen molar-refractivity contribution in [3.8, 4) is 0 Å². The first-order chi connectivity index (χ1) is 7.65. The van der Waals surface area contributed by atoms with Gasteiger partial charge in [0, 0.05) is 4.88 Å². The van der Waals surface area contributed by atoms with Crippen LogP contribution in [0.15, 0.2) is 34.1 Å². The van der Waals surface area contributed by atoms with Gasteiger partial charge in [-0.3, -0.25) is 0 Å². The molecule has 2 aromatic heterocycles. The van der Waals surface area contributed by atoms with E-state index >= 15 is 0 Å². The average Bonchev–Trinajstić information content (AvgIpc) is 2.65. The van der Waals surface area contributed by atoms with Crippen LogP contribution in [0.25, 0.3) is 0 Å². The molecule has 2 aromatic rings. The maximum atomic E-state index is 5.82. The van der Waals surface area contributed by atoms with Gasteiger partial charge in [0.15, 0.2) is 0 Å². The van der Waals surface area contributed by atoms with Crippen molar-refractivity contribution in [1.82, 2.24) is 4.98 Å². The minimum Gasteiger partial charge on any atom is -0.363 e. The molecule has 16 heavy (non-hydrogen) atoms. The number of anilines is 1. The molecule has 1 unspecified atom stereocenters. The fourth-order valence-corrected chi connectivity index (χ4v) is 2.93. The van der Waals surface area contributed by atoms with E-state index in [0.717, 1.165) is 9.60 Å². The largest absolute Gasteiger partial charge is 0.363 e. The molecule has 0 aliphatic heterocycles. The Morgan fingerprint density at radius 3 is 2.81 bits per heavy atom. The molecule has 0 bridgehead atoms. The summed E-state index contributed by atoms with van der Waals surface area (Å²) >= 11 is 11.0. The molecule has 0 radical (unpaired) electrons. The molecule has 0 amide bonds. The molecular weight excluding hydrogens is 308 g/mol. The number of hydrogen-bond donors (Lipinski definition) is 1. The minimum atomic E-state index is 0.224. The summed E-state index contributed by atoms with van der Waals surface area (Å²) in [6.07, 6.45) is 0. The van der Waals surface area contributed by atoms with Crippen molar-refractivity contribution in [2.45, 2.75) is 13.0 Å². The van der Waals surface area contributed by atoms with Gasteiger partial charge in [0.05, 0.1) is 9.83 Å². The highest BCUT2D eigenvalue weighted by molar-refractivity contribution is 9.11. The third-order valence-electron chi connectivity index (χ3n) is 2.10. The third-order valence-corrected chi connectivity index (χ3v) is 4.12. The summed E-state index contributed by atoms with van der Waals surface area (Å²) in [7, 11) is 0. The second-order valence-corrected chi connectivity index (χ2v) is 6.24. The molecule has 0 spiro atoms. The van der Waals surface area contributed by atoms with E-state index in [1.165, 1.54) is 4.88 Å². The summed E-state index contributed by atoms with van der Waals surface area (Å²) in [5.41, 5.74) is 0. The predicted molar refractivity (Wildman–Crippen MR) is 73.3 cm³/mol. The Morgan fingerprint density at radius 2 is 2.19 bits per heavy atom. The average molecular weight is 318 g/mol. The Balaban J connectivity index is 2.10. The van der Waals surface area contributed by atoms with E-state index in [2.05, 4.69) is 39.2 Å². The first kappa shape index (κ1) is 11.9. The number of thiophene rings is 1. The quantitative estimate of drug-likeness (QED) is 0.828. The molecule has 0 fully saturated rings. The minimum absolute atomic E-state index is 0.224. The molecule has 2 rings (SSSR count). The highest BCUT2D eigenvalue weighted by Gasteiger charge is 2.08. The lowest BCUT2D eigenvalue weighted by Gasteiger charge is -2.12. The predicted octanol–water partition coefficient (Wildman–Crippen LogP) is 4.73. The van der Waals surface area contributed by atoms with E-state index in [4.69, 9.17) is 11.6 Å². The standard InChI is InChI=1S/C11H10BrClN2S/c1-7(8-5-6-9(12)16-8)14-11-4-2-3-10(13)15-11/h2-7H,1H3,(H,14,15). The van der Waals surface area contributed by atoms with Gasteiger partial charge in [-0.05, 0) is 47.1 Å². The smallest absolute Gasteiger partial charge is 0.131 e. The van der Waals surface area contributed by atoms with E-state index in [0.29, 0.717) is 5.15 Å². The van der Waals surface area contributed by atoms with Gasteiger partial charge in [0.25, 0.3) is 0 Å². The van der Waals surface area contributed by atoms with Crippen LogP contribution in [0.4, 0.5) is 5.82 Å². The molecule has 0 aliphatic carbocycles. The Bertz CT molecular complexity index is 486. The molecule has 1 N–H and O–H groups in total. The topological polar surface area (TPSA) is 24.9 Å². The second-order valence-electron chi connectivity index (χ2n) is 3.35. The molecule has 2 nitrogen and oxygen atoms in total. The van der Waals surface area contributed by atoms with E-state index < -0.39 is 0 Å². The van der Waals surface area contributed by atoms with Gasteiger partial charge in [-0.1, -0.05) is 17.7 Å². The van der Waals surface area contributed by atoms with E-state index in [1.54, 1.807) is 17.4 Å². The first-order valence-corrected chi connectivity index (χ1v) is 6.78. The fourth-order valence-electron chi connectivity index (χ4n) is 1.34. The Hall–Kier alpha value is -0.580. The molecule has 0 aliphatic rings. The second kappa shape index (κ2) is 5.17. The molecule has 0 aromatic carbocycles. The summed E-state index contributed by atoms with van der Waals surface area (Å²) in [4.78, 5) is 5.45. The summed E-state index contributed by atoms with van der Waals surface area (Å²) in [5, 5.41) is 3.81. The number of nitrogens with one attached hydrogen (secondary N) is 1. The lowest BCUT2D eigenvalue weighted by atomic mass is 10.3. The lowest BCUT2D eigenvalue weighted by Crippen LogP contribution is -2.06. The van der Waals surface area contributed by atoms with Gasteiger partial charge in [-0.15, -0.1) is 11.3 Å². The molecule has 1 atom stereocenters. The molecule has 5 heteroatoms. The van der Waals surface area contributed by atoms with Crippen LogP contribution < -0.4 is 5.32 Å². The van der Waals surface area contributed by atoms with Crippen LogP contribution in [-0.2, 0) is 0 Å². The van der Waals surface area contributed by atoms with Crippen LogP contribution in [0, 0.1) is 0 Å². The Morgan fingerprint density at radius 1 is 1.38 bits per heavy atom. The van der Waals surface area contributed by atoms with Crippen LogP contribution in [0.1, 0.15) is 17.8 Å². The van der Waals surface area contributed by atoms with Crippen LogP contribution >= 0.6 is 38.9 Å². The zero-order chi connectivity index (χ0) is 11.5. The Labute approximate surface area is 112 Å². The molecule has 0 saturated carbocycles. The number of hydrogen-bond acceptors (Lipinski definition) is 3. The molecule has 84 valence electrons. The van der Waals surface area contributed by atoms with Crippen LogP contribution in [0.5, 0.6) is 0 Å². The van der Waals surface area contributed by atoms with Gasteiger partial charge < -0.3 is 5.32 Å². The SMILES string of the molecule is CC(Nc1cccc(Cl)n1)c1ccc(Br)s1. The van der Waals surface area contributed by atoms with Crippen LogP contribution in [-0.4, -0.2) is 4.98 Å². The fraction of sp³-hybridized carbons (Fsp3) is 0.182. The zero-order valence-electron chi connectivity index (χ0n) is 8.58. The van der Waals surface area contributed by atoms with Gasteiger partial charge in [0.2, 0.25) is 0 Å². The van der Waals surface area contributed by atoms with Crippen molar-refractivity contribution in [2.75, 3.05) is 5.32 Å². The summed E-state index contributed by atoms with van der Waals surface area (Å²) in [6.45, 7) is 2.10. The van der Waals surface area contributed by atoms with Crippen LogP contribution in [0.3, 0.4) is 0 Å². The van der Waals surface area contributed by atoms with Gasteiger partial charge in [-0.25, -0.2) is 4.98 Å². The van der Waals surface area contributed by atoms with Crippen molar-refractivity contribution in [3.05, 3.63) is 44.1 Å². The highest BCUT2D eigenvalue weighted by atomic mass is 79.9. The van der Waals surface area contributed by atoms with Crippen molar-refractivity contribution in [1.29, 1.82) is 0 Å². The van der Waals surface area contributed by atoms with Crippen molar-refractivity contribution >= 4 is 44.7 Å². The van der Waals surface area contributed by atoms with E-state index in [1.807, 2.05) is 18.2 Å². The zero-order valence-corrected chi connectivity index (χ0v) is 11.7. The third kappa shape index (κ3) is 2.97. The summed E-state index contributed by atoms with van der Waals surface area (Å²) < 4.78 is 1.13. The summed E-state index contributed by atoms with van der Waals surface area (Å²) in [5.74, 6) is 0.796. The number of rotatable bonds is 3. The lowest BCUT2D eigenvalue weighted by molar-refractivity contribution is 0.896. The number of halogens is 2. The first-order valence-electron chi connectivity index (χ1n) is 4.79. The van der Waals surface area contributed by atoms with E-state index in [9.17, 15) is 0 Å². The monoisotopic (exact) mass is 316 g/mol. The van der Waals surface area contributed by atoms with Crippen molar-refractivity contribution in [2.24, 2.45) is 0 Å². The van der Waals surface area contributed by atoms with Gasteiger partial charge in [0.1, 0.15) is 11.0 Å². The Kier molecular flexibility index (Phi) is 3.84. The molecular formula is C11H10BrClN2S. The maximum Gasteiger partial charge on any atom is 0.131 e. The van der Waals surface area contributed by atoms with Gasteiger partial charge >= 0.3 is 0 Å². The van der Waals surface area contributed by atoms with Crippen molar-refractivity contribution < 1.29 is 0 Å². The van der Waals surface area contributed by atoms with Gasteiger partial charge in [-0.2, -0.15) is 0 Å². The number of aromatic nitrogens is 1. The van der Waals surface area contributed by atoms with Crippen molar-refractivity contribution in [3.63, 3.8) is 0 Å². The maximum absolute atomic E-state index is 5.82. The normalized spacial score (nSPS) is 12.4. The number of pyridine rings is 1. The highest BCUT2D eigenvalue weighted by Crippen LogP contribution is 2.28. The van der Waals surface area contributed by atoms with Crippen LogP contribution in [0.2, 0.25) is 5.15 Å². The molecule has 2 heterocycles.